The summed E-state index contributed by atoms with van der Waals surface area (Å²) >= 11 is 0. The summed E-state index contributed by atoms with van der Waals surface area (Å²) in [5.41, 5.74) is 4.79. The Hall–Kier alpha value is -1.16. The van der Waals surface area contributed by atoms with E-state index in [4.69, 9.17) is 5.11 Å². The minimum atomic E-state index is -0.782. The van der Waals surface area contributed by atoms with Crippen LogP contribution in [0.4, 0.5) is 0 Å². The molecule has 0 spiro atoms. The van der Waals surface area contributed by atoms with E-state index in [1.165, 1.54) is 0 Å². The van der Waals surface area contributed by atoms with Gasteiger partial charge in [0.25, 0.3) is 0 Å². The molecule has 0 heterocycles. The first-order valence-corrected chi connectivity index (χ1v) is 4.59. The van der Waals surface area contributed by atoms with Gasteiger partial charge in [-0.2, -0.15) is 0 Å². The van der Waals surface area contributed by atoms with Crippen LogP contribution in [-0.2, 0) is 0 Å². The van der Waals surface area contributed by atoms with E-state index >= 15 is 0 Å². The van der Waals surface area contributed by atoms with Crippen molar-refractivity contribution in [1.29, 1.82) is 0 Å². The molecule has 0 aromatic heterocycles. The Balaban J connectivity index is 2.56. The monoisotopic (exact) mass is 194 g/mol. The molecule has 1 aromatic carbocycles. The molecule has 0 aliphatic carbocycles. The average Bonchev–Trinajstić information content (AvgIpc) is 2.26. The van der Waals surface area contributed by atoms with Gasteiger partial charge in [0.2, 0.25) is 0 Å². The van der Waals surface area contributed by atoms with Crippen LogP contribution in [-0.4, -0.2) is 29.0 Å². The number of benzene rings is 1. The Morgan fingerprint density at radius 2 is 1.93 bits per heavy atom. The van der Waals surface area contributed by atoms with Gasteiger partial charge in [0.15, 0.2) is 0 Å². The lowest BCUT2D eigenvalue weighted by atomic mass is 10.1. The molecule has 0 aliphatic rings. The van der Waals surface area contributed by atoms with E-state index in [0.717, 1.165) is 5.56 Å². The normalized spacial score (nSPS) is 15.6. The Morgan fingerprint density at radius 1 is 1.29 bits per heavy atom. The molecule has 14 heavy (non-hydrogen) atoms. The summed E-state index contributed by atoms with van der Waals surface area (Å²) in [6.45, 7) is -0.257. The maximum Gasteiger partial charge on any atom is 0.132 e. The van der Waals surface area contributed by atoms with Gasteiger partial charge < -0.3 is 15.9 Å². The van der Waals surface area contributed by atoms with Gasteiger partial charge in [-0.15, -0.1) is 0 Å². The molecule has 3 nitrogen and oxygen atoms in total. The zero-order valence-electron chi connectivity index (χ0n) is 8.00. The SMILES string of the molecule is [NH3+][C@@H](/C=C/c1ccccc1)[C@H](O)CO. The Kier molecular flexibility index (Phi) is 4.32. The highest BCUT2D eigenvalue weighted by Gasteiger charge is 2.12. The minimum absolute atomic E-state index is 0.257. The van der Waals surface area contributed by atoms with Gasteiger partial charge >= 0.3 is 0 Å². The van der Waals surface area contributed by atoms with Crippen LogP contribution in [0, 0.1) is 0 Å². The van der Waals surface area contributed by atoms with E-state index in [9.17, 15) is 5.11 Å². The lowest BCUT2D eigenvalue weighted by molar-refractivity contribution is -0.421. The van der Waals surface area contributed by atoms with Crippen LogP contribution >= 0.6 is 0 Å². The Labute approximate surface area is 83.5 Å². The van der Waals surface area contributed by atoms with Crippen LogP contribution in [0.5, 0.6) is 0 Å². The highest BCUT2D eigenvalue weighted by atomic mass is 16.3. The topological polar surface area (TPSA) is 68.1 Å². The predicted molar refractivity (Wildman–Crippen MR) is 55.2 cm³/mol. The van der Waals surface area contributed by atoms with E-state index in [1.54, 1.807) is 6.08 Å². The largest absolute Gasteiger partial charge is 0.393 e. The number of rotatable bonds is 4. The molecule has 0 fully saturated rings. The number of quaternary nitrogens is 1. The summed E-state index contributed by atoms with van der Waals surface area (Å²) in [4.78, 5) is 0. The number of aliphatic hydroxyl groups excluding tert-OH is 2. The van der Waals surface area contributed by atoms with E-state index in [0.29, 0.717) is 0 Å². The van der Waals surface area contributed by atoms with Crippen LogP contribution in [0.1, 0.15) is 5.56 Å². The number of hydrogen-bond acceptors (Lipinski definition) is 2. The van der Waals surface area contributed by atoms with Crippen LogP contribution in [0.25, 0.3) is 6.08 Å². The predicted octanol–water partition coefficient (Wildman–Crippen LogP) is -0.337. The molecule has 1 aromatic rings. The average molecular weight is 194 g/mol. The van der Waals surface area contributed by atoms with Crippen molar-refractivity contribution in [1.82, 2.24) is 0 Å². The summed E-state index contributed by atoms with van der Waals surface area (Å²) in [5, 5.41) is 17.9. The molecule has 0 amide bonds. The van der Waals surface area contributed by atoms with E-state index < -0.39 is 6.10 Å². The molecule has 0 bridgehead atoms. The van der Waals surface area contributed by atoms with E-state index in [1.807, 2.05) is 36.4 Å². The highest BCUT2D eigenvalue weighted by molar-refractivity contribution is 5.49. The van der Waals surface area contributed by atoms with Gasteiger partial charge in [0.1, 0.15) is 12.1 Å². The van der Waals surface area contributed by atoms with Gasteiger partial charge in [-0.05, 0) is 11.6 Å². The molecule has 0 unspecified atom stereocenters. The first kappa shape index (κ1) is 10.9. The van der Waals surface area contributed by atoms with Crippen molar-refractivity contribution in [2.45, 2.75) is 12.1 Å². The summed E-state index contributed by atoms with van der Waals surface area (Å²) in [6, 6.07) is 9.49. The fourth-order valence-corrected chi connectivity index (χ4v) is 1.06. The molecule has 1 rings (SSSR count). The number of aliphatic hydroxyl groups is 2. The fourth-order valence-electron chi connectivity index (χ4n) is 1.06. The molecule has 76 valence electrons. The van der Waals surface area contributed by atoms with Gasteiger partial charge in [-0.25, -0.2) is 0 Å². The third-order valence-corrected chi connectivity index (χ3v) is 2.02. The summed E-state index contributed by atoms with van der Waals surface area (Å²) in [7, 11) is 0. The van der Waals surface area contributed by atoms with Crippen LogP contribution in [0.3, 0.4) is 0 Å². The van der Waals surface area contributed by atoms with Crippen molar-refractivity contribution in [3.8, 4) is 0 Å². The fraction of sp³-hybridized carbons (Fsp3) is 0.273. The smallest absolute Gasteiger partial charge is 0.132 e. The molecule has 2 atom stereocenters. The summed E-state index contributed by atoms with van der Waals surface area (Å²) < 4.78 is 0. The number of hydrogen-bond donors (Lipinski definition) is 3. The Morgan fingerprint density at radius 3 is 2.50 bits per heavy atom. The standard InChI is InChI=1S/C11H15NO2/c12-10(11(14)8-13)7-6-9-4-2-1-3-5-9/h1-7,10-11,13-14H,8,12H2/p+1/b7-6+/t10-,11+/m0/s1. The molecule has 0 saturated heterocycles. The first-order chi connectivity index (χ1) is 6.74. The third kappa shape index (κ3) is 3.30. The lowest BCUT2D eigenvalue weighted by Gasteiger charge is -2.08. The van der Waals surface area contributed by atoms with Gasteiger partial charge in [-0.1, -0.05) is 36.4 Å². The van der Waals surface area contributed by atoms with Crippen LogP contribution in [0.2, 0.25) is 0 Å². The molecule has 0 radical (unpaired) electrons. The van der Waals surface area contributed by atoms with Crippen molar-refractivity contribution in [2.75, 3.05) is 6.61 Å². The van der Waals surface area contributed by atoms with Crippen molar-refractivity contribution < 1.29 is 15.9 Å². The van der Waals surface area contributed by atoms with Crippen molar-refractivity contribution in [3.05, 3.63) is 42.0 Å². The van der Waals surface area contributed by atoms with Gasteiger partial charge in [0.05, 0.1) is 6.61 Å². The Bertz CT molecular complexity index is 285. The van der Waals surface area contributed by atoms with Gasteiger partial charge in [-0.3, -0.25) is 0 Å². The zero-order chi connectivity index (χ0) is 10.4. The minimum Gasteiger partial charge on any atom is -0.393 e. The lowest BCUT2D eigenvalue weighted by Crippen LogP contribution is -2.66. The highest BCUT2D eigenvalue weighted by Crippen LogP contribution is 2.02. The zero-order valence-corrected chi connectivity index (χ0v) is 8.00. The second kappa shape index (κ2) is 5.54. The van der Waals surface area contributed by atoms with Crippen LogP contribution < -0.4 is 5.73 Å². The van der Waals surface area contributed by atoms with Crippen molar-refractivity contribution >= 4 is 6.08 Å². The van der Waals surface area contributed by atoms with Crippen molar-refractivity contribution in [3.63, 3.8) is 0 Å². The molecule has 0 saturated carbocycles. The third-order valence-electron chi connectivity index (χ3n) is 2.02. The maximum absolute atomic E-state index is 9.24. The molecular formula is C11H16NO2+. The van der Waals surface area contributed by atoms with E-state index in [-0.39, 0.29) is 12.6 Å². The van der Waals surface area contributed by atoms with Gasteiger partial charge in [0, 0.05) is 0 Å². The van der Waals surface area contributed by atoms with E-state index in [2.05, 4.69) is 5.73 Å². The molecule has 3 heteroatoms. The van der Waals surface area contributed by atoms with Crippen LogP contribution in [0.15, 0.2) is 36.4 Å². The quantitative estimate of drug-likeness (QED) is 0.614. The summed E-state index contributed by atoms with van der Waals surface area (Å²) in [6.07, 6.45) is 2.89. The molecule has 0 aliphatic heterocycles. The second-order valence-corrected chi connectivity index (χ2v) is 3.18. The van der Waals surface area contributed by atoms with Crippen molar-refractivity contribution in [2.24, 2.45) is 0 Å². The molecule has 5 N–H and O–H groups in total. The second-order valence-electron chi connectivity index (χ2n) is 3.18. The summed E-state index contributed by atoms with van der Waals surface area (Å²) in [5.74, 6) is 0. The maximum atomic E-state index is 9.24. The molecular weight excluding hydrogens is 178 g/mol. The first-order valence-electron chi connectivity index (χ1n) is 4.59.